The molecule has 1 unspecified atom stereocenters. The molecule has 2 atom stereocenters. The molecule has 1 fully saturated rings. The third-order valence-electron chi connectivity index (χ3n) is 6.87. The van der Waals surface area contributed by atoms with Crippen molar-refractivity contribution in [3.63, 3.8) is 0 Å². The maximum atomic E-state index is 13.9. The van der Waals surface area contributed by atoms with E-state index in [9.17, 15) is 9.47 Å². The molecule has 180 valence electrons. The molecule has 1 aliphatic carbocycles. The maximum absolute atomic E-state index is 13.9. The Morgan fingerprint density at radius 1 is 1.11 bits per heavy atom. The Labute approximate surface area is 205 Å². The maximum Gasteiger partial charge on any atom is 0.226 e. The lowest BCUT2D eigenvalue weighted by atomic mass is 10.0. The van der Waals surface area contributed by atoms with Gasteiger partial charge in [0.15, 0.2) is 0 Å². The largest absolute Gasteiger partial charge is 0.495 e. The number of benzene rings is 2. The van der Waals surface area contributed by atoms with Crippen LogP contribution in [0, 0.1) is 16.1 Å². The first-order chi connectivity index (χ1) is 16.9. The summed E-state index contributed by atoms with van der Waals surface area (Å²) in [6.45, 7) is 3.11. The first-order valence-corrected chi connectivity index (χ1v) is 13.1. The Kier molecular flexibility index (Phi) is 5.85. The highest BCUT2D eigenvalue weighted by molar-refractivity contribution is 7.92. The molecule has 0 saturated carbocycles. The van der Waals surface area contributed by atoms with Gasteiger partial charge in [0.2, 0.25) is 5.95 Å². The molecule has 2 heterocycles. The van der Waals surface area contributed by atoms with Gasteiger partial charge in [-0.3, -0.25) is 0 Å². The molecule has 0 radical (unpaired) electrons. The fourth-order valence-corrected chi connectivity index (χ4v) is 6.23. The lowest BCUT2D eigenvalue weighted by Crippen LogP contribution is -2.46. The molecule has 0 bridgehead atoms. The number of ether oxygens (including phenoxy) is 2. The summed E-state index contributed by atoms with van der Waals surface area (Å²) in [6, 6.07) is 12.4. The molecule has 0 spiro atoms. The lowest BCUT2D eigenvalue weighted by Gasteiger charge is -2.39. The molecule has 35 heavy (non-hydrogen) atoms. The number of anilines is 1. The molecule has 1 aromatic heterocycles. The van der Waals surface area contributed by atoms with Crippen LogP contribution in [0.2, 0.25) is 0 Å². The molecule has 2 aromatic carbocycles. The van der Waals surface area contributed by atoms with Crippen molar-refractivity contribution in [1.82, 2.24) is 9.97 Å². The van der Waals surface area contributed by atoms with Crippen molar-refractivity contribution in [2.45, 2.75) is 48.4 Å². The van der Waals surface area contributed by atoms with Crippen LogP contribution < -0.4 is 14.4 Å². The number of nitrogens with one attached hydrogen (secondary N) is 1. The number of rotatable bonds is 6. The number of methoxy groups -OCH3 is 2. The van der Waals surface area contributed by atoms with Gasteiger partial charge >= 0.3 is 0 Å². The monoisotopic (exact) mass is 489 g/mol. The van der Waals surface area contributed by atoms with E-state index < -0.39 is 9.73 Å². The van der Waals surface area contributed by atoms with Crippen LogP contribution >= 0.6 is 0 Å². The van der Waals surface area contributed by atoms with Gasteiger partial charge in [-0.25, -0.2) is 19.0 Å². The van der Waals surface area contributed by atoms with Gasteiger partial charge in [0.1, 0.15) is 27.3 Å². The summed E-state index contributed by atoms with van der Waals surface area (Å²) in [5, 5.41) is 9.30. The Morgan fingerprint density at radius 2 is 1.91 bits per heavy atom. The number of aryl methyl sites for hydroxylation is 1. The van der Waals surface area contributed by atoms with E-state index in [1.54, 1.807) is 12.1 Å². The summed E-state index contributed by atoms with van der Waals surface area (Å²) < 4.78 is 33.6. The fourth-order valence-electron chi connectivity index (χ4n) is 4.72. The van der Waals surface area contributed by atoms with E-state index in [1.807, 2.05) is 12.1 Å². The highest BCUT2D eigenvalue weighted by Crippen LogP contribution is 2.38. The van der Waals surface area contributed by atoms with Crippen molar-refractivity contribution in [2.24, 2.45) is 0 Å². The van der Waals surface area contributed by atoms with Crippen LogP contribution in [-0.4, -0.2) is 41.0 Å². The van der Waals surface area contributed by atoms with Gasteiger partial charge in [-0.1, -0.05) is 0 Å². The van der Waals surface area contributed by atoms with E-state index in [0.717, 1.165) is 60.7 Å². The molecule has 2 aliphatic rings. The second-order valence-corrected chi connectivity index (χ2v) is 10.9. The van der Waals surface area contributed by atoms with Crippen molar-refractivity contribution in [1.29, 1.82) is 10.0 Å². The normalized spacial score (nSPS) is 18.2. The molecule has 3 aromatic rings. The molecule has 1 saturated heterocycles. The SMILES string of the molecule is COc1cc(S(=N)(=O)c2cc(-c3nc(N4CC[C@@H]4C)nc4c3CCC4)ccc2OC)ccc1C#N. The molecule has 0 amide bonds. The predicted molar refractivity (Wildman–Crippen MR) is 133 cm³/mol. The average molecular weight is 490 g/mol. The van der Waals surface area contributed by atoms with Crippen LogP contribution in [0.15, 0.2) is 46.2 Å². The van der Waals surface area contributed by atoms with Crippen LogP contribution in [0.3, 0.4) is 0 Å². The molecule has 1 N–H and O–H groups in total. The molecular formula is C26H27N5O3S. The van der Waals surface area contributed by atoms with Crippen molar-refractivity contribution in [2.75, 3.05) is 25.7 Å². The van der Waals surface area contributed by atoms with E-state index >= 15 is 0 Å². The number of nitrogens with zero attached hydrogens (tertiary/aromatic N) is 4. The number of hydrogen-bond donors (Lipinski definition) is 1. The summed E-state index contributed by atoms with van der Waals surface area (Å²) in [4.78, 5) is 12.5. The third kappa shape index (κ3) is 3.88. The highest BCUT2D eigenvalue weighted by Gasteiger charge is 2.30. The summed E-state index contributed by atoms with van der Waals surface area (Å²) in [6.07, 6.45) is 3.96. The van der Waals surface area contributed by atoms with Crippen LogP contribution in [0.1, 0.15) is 36.6 Å². The van der Waals surface area contributed by atoms with Crippen molar-refractivity contribution < 1.29 is 13.7 Å². The average Bonchev–Trinajstić information content (AvgIpc) is 3.35. The van der Waals surface area contributed by atoms with E-state index in [2.05, 4.69) is 11.8 Å². The zero-order chi connectivity index (χ0) is 24.7. The molecular weight excluding hydrogens is 462 g/mol. The Balaban J connectivity index is 1.65. The van der Waals surface area contributed by atoms with Gasteiger partial charge in [-0.05, 0) is 69.0 Å². The van der Waals surface area contributed by atoms with Gasteiger partial charge in [0.25, 0.3) is 0 Å². The smallest absolute Gasteiger partial charge is 0.226 e. The third-order valence-corrected chi connectivity index (χ3v) is 8.73. The lowest BCUT2D eigenvalue weighted by molar-refractivity contribution is 0.403. The summed E-state index contributed by atoms with van der Waals surface area (Å²) >= 11 is 0. The quantitative estimate of drug-likeness (QED) is 0.539. The Morgan fingerprint density at radius 3 is 2.57 bits per heavy atom. The number of nitriles is 1. The van der Waals surface area contributed by atoms with Crippen molar-refractivity contribution in [3.05, 3.63) is 53.2 Å². The van der Waals surface area contributed by atoms with Gasteiger partial charge in [-0.2, -0.15) is 5.26 Å². The zero-order valence-corrected chi connectivity index (χ0v) is 20.8. The number of hydrogen-bond acceptors (Lipinski definition) is 8. The molecule has 1 aliphatic heterocycles. The first-order valence-electron chi connectivity index (χ1n) is 11.6. The fraction of sp³-hybridized carbons (Fsp3) is 0.346. The second kappa shape index (κ2) is 8.86. The van der Waals surface area contributed by atoms with Crippen LogP contribution in [0.4, 0.5) is 5.95 Å². The van der Waals surface area contributed by atoms with E-state index in [1.165, 1.54) is 32.4 Å². The topological polar surface area (TPSA) is 112 Å². The van der Waals surface area contributed by atoms with Crippen molar-refractivity contribution in [3.8, 4) is 28.8 Å². The predicted octanol–water partition coefficient (Wildman–Crippen LogP) is 4.58. The van der Waals surface area contributed by atoms with E-state index in [4.69, 9.17) is 24.2 Å². The second-order valence-electron chi connectivity index (χ2n) is 8.88. The van der Waals surface area contributed by atoms with E-state index in [0.29, 0.717) is 17.4 Å². The minimum Gasteiger partial charge on any atom is -0.495 e. The number of fused-ring (bicyclic) bond motifs is 1. The molecule has 5 rings (SSSR count). The summed E-state index contributed by atoms with van der Waals surface area (Å²) in [5.41, 5.74) is 4.13. The Hall–Kier alpha value is -3.64. The Bertz CT molecular complexity index is 1460. The van der Waals surface area contributed by atoms with Gasteiger partial charge < -0.3 is 14.4 Å². The molecule has 9 heteroatoms. The minimum atomic E-state index is -3.48. The van der Waals surface area contributed by atoms with E-state index in [-0.39, 0.29) is 15.5 Å². The van der Waals surface area contributed by atoms with Crippen LogP contribution in [0.5, 0.6) is 11.5 Å². The molecule has 8 nitrogen and oxygen atoms in total. The summed E-state index contributed by atoms with van der Waals surface area (Å²) in [7, 11) is -0.538. The van der Waals surface area contributed by atoms with Gasteiger partial charge in [0, 0.05) is 29.4 Å². The zero-order valence-electron chi connectivity index (χ0n) is 20.0. The highest BCUT2D eigenvalue weighted by atomic mass is 32.2. The number of aromatic nitrogens is 2. The summed E-state index contributed by atoms with van der Waals surface area (Å²) in [5.74, 6) is 1.38. The van der Waals surface area contributed by atoms with Crippen LogP contribution in [0.25, 0.3) is 11.3 Å². The minimum absolute atomic E-state index is 0.242. The standard InChI is InChI=1S/C26H27N5O3S/c1-16-11-12-31(16)26-29-21-6-4-5-20(21)25(30-26)17-8-10-22(33-2)24(13-17)35(28,32)19-9-7-18(15-27)23(14-19)34-3/h7-10,13-14,16,28H,4-6,11-12H2,1-3H3/t16-,35?/m0/s1. The van der Waals surface area contributed by atoms with Gasteiger partial charge in [0.05, 0.1) is 35.3 Å². The van der Waals surface area contributed by atoms with Crippen molar-refractivity contribution >= 4 is 15.7 Å². The van der Waals surface area contributed by atoms with Crippen LogP contribution in [-0.2, 0) is 22.6 Å². The van der Waals surface area contributed by atoms with Gasteiger partial charge in [-0.15, -0.1) is 0 Å². The first kappa shape index (κ1) is 23.1.